The number of nitrogens with one attached hydrogen (secondary N) is 1. The maximum Gasteiger partial charge on any atom is 0.212 e. The molecule has 48 heavy (non-hydrogen) atoms. The lowest BCUT2D eigenvalue weighted by molar-refractivity contribution is 0.0183. The van der Waals surface area contributed by atoms with Crippen LogP contribution in [-0.4, -0.2) is 43.6 Å². The topological polar surface area (TPSA) is 68.1 Å². The van der Waals surface area contributed by atoms with Crippen LogP contribution in [0.4, 0.5) is 10.1 Å². The number of anilines is 1. The van der Waals surface area contributed by atoms with Gasteiger partial charge in [-0.05, 0) is 44.2 Å². The fourth-order valence-corrected chi connectivity index (χ4v) is 7.75. The van der Waals surface area contributed by atoms with Crippen LogP contribution < -0.4 is 20.4 Å². The highest BCUT2D eigenvalue weighted by molar-refractivity contribution is 5.95. The highest BCUT2D eigenvalue weighted by atomic mass is 19.1. The van der Waals surface area contributed by atoms with Crippen molar-refractivity contribution in [3.8, 4) is 5.75 Å². The molecule has 5 aromatic rings. The molecular weight excluding hydrogens is 603 g/mol. The number of hydrogen-bond donors (Lipinski definition) is 1. The van der Waals surface area contributed by atoms with Crippen molar-refractivity contribution in [3.05, 3.63) is 142 Å². The van der Waals surface area contributed by atoms with Gasteiger partial charge in [-0.1, -0.05) is 96.2 Å². The molecule has 7 nitrogen and oxygen atoms in total. The van der Waals surface area contributed by atoms with E-state index < -0.39 is 11.4 Å². The van der Waals surface area contributed by atoms with Crippen LogP contribution in [0.3, 0.4) is 0 Å². The number of rotatable bonds is 9. The molecule has 8 heteroatoms. The molecule has 1 aliphatic carbocycles. The van der Waals surface area contributed by atoms with Crippen molar-refractivity contribution >= 4 is 22.8 Å². The lowest BCUT2D eigenvalue weighted by Crippen LogP contribution is -2.40. The Hall–Kier alpha value is -4.95. The minimum Gasteiger partial charge on any atom is -0.492 e. The Balaban J connectivity index is 1.23. The summed E-state index contributed by atoms with van der Waals surface area (Å²) in [6, 6.07) is 31.8. The van der Waals surface area contributed by atoms with Crippen LogP contribution in [0.15, 0.2) is 113 Å². The molecule has 4 aromatic carbocycles. The third-order valence-corrected chi connectivity index (χ3v) is 10.2. The Morgan fingerprint density at radius 3 is 2.08 bits per heavy atom. The molecule has 0 amide bonds. The standard InChI is InChI=1S/C40H39FN4O3/c1-47-39-36-33(22-34(41)37(39)44-24-27-12-11-21-42-35(27)26-44)38(46)28(25-45(36)32-19-20-32)23-43-48-40(29-13-5-2-6-14-29,30-15-7-3-8-16-30)31-17-9-4-10-18-31/h2-10,13-18,22-23,25,27,32,35,42H,11-12,19-21,24,26H2,1H3/b43-23+/t27-,35+/m0/s1. The van der Waals surface area contributed by atoms with Gasteiger partial charge in [0.1, 0.15) is 5.69 Å². The Bertz CT molecular complexity index is 1900. The van der Waals surface area contributed by atoms with Gasteiger partial charge in [-0.15, -0.1) is 0 Å². The molecule has 1 saturated carbocycles. The molecule has 0 unspecified atom stereocenters. The van der Waals surface area contributed by atoms with Crippen LogP contribution in [0.1, 0.15) is 54.0 Å². The van der Waals surface area contributed by atoms with Crippen LogP contribution in [0.5, 0.6) is 5.75 Å². The number of fused-ring (bicyclic) bond motifs is 2. The van der Waals surface area contributed by atoms with Crippen molar-refractivity contribution in [2.45, 2.75) is 43.4 Å². The molecule has 3 aliphatic rings. The smallest absolute Gasteiger partial charge is 0.212 e. The zero-order chi connectivity index (χ0) is 32.7. The number of benzene rings is 4. The first-order valence-electron chi connectivity index (χ1n) is 16.9. The first-order chi connectivity index (χ1) is 23.6. The number of hydrogen-bond acceptors (Lipinski definition) is 6. The van der Waals surface area contributed by atoms with Crippen molar-refractivity contribution < 1.29 is 14.0 Å². The van der Waals surface area contributed by atoms with Crippen molar-refractivity contribution in [1.82, 2.24) is 9.88 Å². The third kappa shape index (κ3) is 5.24. The highest BCUT2D eigenvalue weighted by Gasteiger charge is 2.40. The molecule has 8 rings (SSSR count). The van der Waals surface area contributed by atoms with E-state index in [0.717, 1.165) is 55.5 Å². The summed E-state index contributed by atoms with van der Waals surface area (Å²) in [6.45, 7) is 2.47. The van der Waals surface area contributed by atoms with E-state index in [1.165, 1.54) is 12.3 Å². The molecule has 2 saturated heterocycles. The molecule has 1 aromatic heterocycles. The van der Waals surface area contributed by atoms with Crippen molar-refractivity contribution in [1.29, 1.82) is 0 Å². The van der Waals surface area contributed by atoms with E-state index in [9.17, 15) is 4.79 Å². The molecule has 244 valence electrons. The molecule has 2 aliphatic heterocycles. The normalized spacial score (nSPS) is 19.5. The lowest BCUT2D eigenvalue weighted by atomic mass is 9.80. The lowest BCUT2D eigenvalue weighted by Gasteiger charge is -2.33. The van der Waals surface area contributed by atoms with Gasteiger partial charge in [-0.3, -0.25) is 4.79 Å². The third-order valence-electron chi connectivity index (χ3n) is 10.2. The van der Waals surface area contributed by atoms with Gasteiger partial charge in [0.05, 0.1) is 29.8 Å². The van der Waals surface area contributed by atoms with E-state index >= 15 is 4.39 Å². The van der Waals surface area contributed by atoms with Crippen LogP contribution in [0, 0.1) is 11.7 Å². The van der Waals surface area contributed by atoms with E-state index in [4.69, 9.17) is 9.57 Å². The zero-order valence-corrected chi connectivity index (χ0v) is 27.0. The van der Waals surface area contributed by atoms with Crippen LogP contribution in [0.25, 0.3) is 10.9 Å². The summed E-state index contributed by atoms with van der Waals surface area (Å²) in [7, 11) is 1.57. The molecule has 1 N–H and O–H groups in total. The SMILES string of the molecule is COc1c(N2C[C@@H]3CCCN[C@@H]3C2)c(F)cc2c(=O)c(/C=N/OC(c3ccccc3)(c3ccccc3)c3ccccc3)cn(C3CC3)c12. The number of halogens is 1. The minimum absolute atomic E-state index is 0.188. The first-order valence-corrected chi connectivity index (χ1v) is 16.9. The van der Waals surface area contributed by atoms with Gasteiger partial charge in [0.25, 0.3) is 0 Å². The van der Waals surface area contributed by atoms with Gasteiger partial charge >= 0.3 is 0 Å². The maximum atomic E-state index is 16.2. The average molecular weight is 643 g/mol. The van der Waals surface area contributed by atoms with E-state index in [-0.39, 0.29) is 16.9 Å². The Morgan fingerprint density at radius 2 is 1.52 bits per heavy atom. The van der Waals surface area contributed by atoms with Crippen LogP contribution >= 0.6 is 0 Å². The van der Waals surface area contributed by atoms with Crippen LogP contribution in [0.2, 0.25) is 0 Å². The second-order valence-corrected chi connectivity index (χ2v) is 13.2. The molecular formula is C40H39FN4O3. The van der Waals surface area contributed by atoms with E-state index in [0.29, 0.717) is 41.0 Å². The number of methoxy groups -OCH3 is 1. The Morgan fingerprint density at radius 1 is 0.896 bits per heavy atom. The molecule has 2 atom stereocenters. The van der Waals surface area contributed by atoms with Crippen LogP contribution in [-0.2, 0) is 10.4 Å². The van der Waals surface area contributed by atoms with Gasteiger partial charge in [-0.2, -0.15) is 0 Å². The van der Waals surface area contributed by atoms with E-state index in [1.807, 2.05) is 97.2 Å². The fourth-order valence-electron chi connectivity index (χ4n) is 7.75. The van der Waals surface area contributed by atoms with Gasteiger partial charge in [0.2, 0.25) is 5.60 Å². The quantitative estimate of drug-likeness (QED) is 0.106. The molecule has 3 heterocycles. The number of nitrogens with zero attached hydrogens (tertiary/aromatic N) is 3. The number of ether oxygens (including phenoxy) is 1. The summed E-state index contributed by atoms with van der Waals surface area (Å²) in [5.74, 6) is 0.445. The van der Waals surface area contributed by atoms with Gasteiger partial charge in [0, 0.05) is 48.1 Å². The number of oxime groups is 1. The minimum atomic E-state index is -1.08. The average Bonchev–Trinajstić information content (AvgIpc) is 3.89. The molecule has 3 fully saturated rings. The first kappa shape index (κ1) is 30.4. The van der Waals surface area contributed by atoms with Gasteiger partial charge in [-0.25, -0.2) is 4.39 Å². The summed E-state index contributed by atoms with van der Waals surface area (Å²) in [5, 5.41) is 8.42. The molecule has 0 bridgehead atoms. The second-order valence-electron chi connectivity index (χ2n) is 13.2. The van der Waals surface area contributed by atoms with E-state index in [1.54, 1.807) is 7.11 Å². The molecule has 0 spiro atoms. The van der Waals surface area contributed by atoms with Crippen molar-refractivity contribution in [3.63, 3.8) is 0 Å². The molecule has 0 radical (unpaired) electrons. The second kappa shape index (κ2) is 12.6. The fraction of sp³-hybridized carbons (Fsp3) is 0.300. The van der Waals surface area contributed by atoms with Gasteiger partial charge < -0.3 is 24.4 Å². The summed E-state index contributed by atoms with van der Waals surface area (Å²) in [5.41, 5.74) is 2.67. The number of piperidine rings is 1. The number of aromatic nitrogens is 1. The van der Waals surface area contributed by atoms with E-state index in [2.05, 4.69) is 19.9 Å². The zero-order valence-electron chi connectivity index (χ0n) is 27.0. The summed E-state index contributed by atoms with van der Waals surface area (Å²) < 4.78 is 24.2. The van der Waals surface area contributed by atoms with Crippen molar-refractivity contribution in [2.24, 2.45) is 11.1 Å². The monoisotopic (exact) mass is 642 g/mol. The summed E-state index contributed by atoms with van der Waals surface area (Å²) in [4.78, 5) is 22.8. The Kier molecular flexibility index (Phi) is 7.96. The maximum absolute atomic E-state index is 16.2. The Labute approximate surface area is 279 Å². The predicted octanol–water partition coefficient (Wildman–Crippen LogP) is 7.01. The largest absolute Gasteiger partial charge is 0.492 e. The summed E-state index contributed by atoms with van der Waals surface area (Å²) >= 11 is 0. The van der Waals surface area contributed by atoms with Crippen molar-refractivity contribution in [2.75, 3.05) is 31.6 Å². The highest BCUT2D eigenvalue weighted by Crippen LogP contribution is 2.45. The predicted molar refractivity (Wildman–Crippen MR) is 188 cm³/mol. The van der Waals surface area contributed by atoms with Gasteiger partial charge in [0.15, 0.2) is 17.0 Å². The summed E-state index contributed by atoms with van der Waals surface area (Å²) in [6.07, 6.45) is 7.50. The number of pyridine rings is 1.